The molecule has 0 aliphatic heterocycles. The van der Waals surface area contributed by atoms with Gasteiger partial charge in [0.25, 0.3) is 0 Å². The molecule has 0 spiro atoms. The van der Waals surface area contributed by atoms with Gasteiger partial charge in [-0.25, -0.2) is 0 Å². The summed E-state index contributed by atoms with van der Waals surface area (Å²) in [6.07, 6.45) is 2.27. The summed E-state index contributed by atoms with van der Waals surface area (Å²) in [5.41, 5.74) is 5.03. The van der Waals surface area contributed by atoms with E-state index in [2.05, 4.69) is 68.6 Å². The molecule has 0 radical (unpaired) electrons. The van der Waals surface area contributed by atoms with E-state index in [0.717, 1.165) is 31.7 Å². The third-order valence-corrected chi connectivity index (χ3v) is 3.57. The van der Waals surface area contributed by atoms with Gasteiger partial charge >= 0.3 is 0 Å². The number of nitrogens with one attached hydrogen (secondary N) is 1. The SMILES string of the molecule is CCCCOc1ccc(CNc2cc(C)ccc2C)cc1. The van der Waals surface area contributed by atoms with Crippen LogP contribution in [0.15, 0.2) is 42.5 Å². The van der Waals surface area contributed by atoms with E-state index < -0.39 is 0 Å². The highest BCUT2D eigenvalue weighted by Gasteiger charge is 2.00. The van der Waals surface area contributed by atoms with Crippen molar-refractivity contribution >= 4 is 5.69 Å². The summed E-state index contributed by atoms with van der Waals surface area (Å²) >= 11 is 0. The van der Waals surface area contributed by atoms with Crippen molar-refractivity contribution in [3.8, 4) is 5.75 Å². The van der Waals surface area contributed by atoms with Gasteiger partial charge in [0.2, 0.25) is 0 Å². The van der Waals surface area contributed by atoms with Crippen molar-refractivity contribution in [2.45, 2.75) is 40.2 Å². The number of rotatable bonds is 7. The van der Waals surface area contributed by atoms with Crippen molar-refractivity contribution in [1.82, 2.24) is 0 Å². The molecular formula is C19H25NO. The van der Waals surface area contributed by atoms with Gasteiger partial charge in [-0.2, -0.15) is 0 Å². The Labute approximate surface area is 128 Å². The monoisotopic (exact) mass is 283 g/mol. The molecule has 0 fully saturated rings. The van der Waals surface area contributed by atoms with Crippen molar-refractivity contribution < 1.29 is 4.74 Å². The molecule has 0 heterocycles. The topological polar surface area (TPSA) is 21.3 Å². The summed E-state index contributed by atoms with van der Waals surface area (Å²) in [5, 5.41) is 3.50. The molecule has 2 heteroatoms. The molecule has 1 N–H and O–H groups in total. The maximum Gasteiger partial charge on any atom is 0.119 e. The minimum atomic E-state index is 0.802. The highest BCUT2D eigenvalue weighted by molar-refractivity contribution is 5.52. The molecule has 0 unspecified atom stereocenters. The van der Waals surface area contributed by atoms with Crippen LogP contribution in [0.3, 0.4) is 0 Å². The molecule has 2 aromatic rings. The van der Waals surface area contributed by atoms with E-state index >= 15 is 0 Å². The second-order valence-corrected chi connectivity index (χ2v) is 5.52. The van der Waals surface area contributed by atoms with Crippen molar-refractivity contribution in [3.63, 3.8) is 0 Å². The highest BCUT2D eigenvalue weighted by Crippen LogP contribution is 2.18. The van der Waals surface area contributed by atoms with Crippen LogP contribution in [0.1, 0.15) is 36.5 Å². The van der Waals surface area contributed by atoms with Gasteiger partial charge in [0, 0.05) is 12.2 Å². The average molecular weight is 283 g/mol. The maximum atomic E-state index is 5.68. The lowest BCUT2D eigenvalue weighted by Crippen LogP contribution is -2.02. The van der Waals surface area contributed by atoms with Crippen LogP contribution in [0, 0.1) is 13.8 Å². The Bertz CT molecular complexity index is 560. The van der Waals surface area contributed by atoms with Crippen LogP contribution in [-0.2, 0) is 6.54 Å². The van der Waals surface area contributed by atoms with Gasteiger partial charge in [-0.15, -0.1) is 0 Å². The van der Waals surface area contributed by atoms with E-state index in [1.165, 1.54) is 22.4 Å². The molecule has 2 rings (SSSR count). The predicted molar refractivity (Wildman–Crippen MR) is 90.1 cm³/mol. The first-order valence-corrected chi connectivity index (χ1v) is 7.72. The predicted octanol–water partition coefficient (Wildman–Crippen LogP) is 5.09. The van der Waals surface area contributed by atoms with Crippen LogP contribution in [0.2, 0.25) is 0 Å². The van der Waals surface area contributed by atoms with E-state index in [-0.39, 0.29) is 0 Å². The zero-order valence-corrected chi connectivity index (χ0v) is 13.3. The molecule has 0 saturated carbocycles. The zero-order chi connectivity index (χ0) is 15.1. The van der Waals surface area contributed by atoms with Crippen LogP contribution in [0.4, 0.5) is 5.69 Å². The number of unbranched alkanes of at least 4 members (excludes halogenated alkanes) is 1. The third-order valence-electron chi connectivity index (χ3n) is 3.57. The number of ether oxygens (including phenoxy) is 1. The van der Waals surface area contributed by atoms with Crippen molar-refractivity contribution in [3.05, 3.63) is 59.2 Å². The normalized spacial score (nSPS) is 10.4. The van der Waals surface area contributed by atoms with Crippen molar-refractivity contribution in [1.29, 1.82) is 0 Å². The third kappa shape index (κ3) is 4.82. The van der Waals surface area contributed by atoms with E-state index in [1.807, 2.05) is 0 Å². The number of benzene rings is 2. The number of hydrogen-bond acceptors (Lipinski definition) is 2. The average Bonchev–Trinajstić information content (AvgIpc) is 2.50. The lowest BCUT2D eigenvalue weighted by Gasteiger charge is -2.11. The Kier molecular flexibility index (Phi) is 5.68. The highest BCUT2D eigenvalue weighted by atomic mass is 16.5. The fourth-order valence-electron chi connectivity index (χ4n) is 2.16. The Morgan fingerprint density at radius 1 is 1.00 bits per heavy atom. The van der Waals surface area contributed by atoms with Crippen LogP contribution >= 0.6 is 0 Å². The first kappa shape index (κ1) is 15.4. The van der Waals surface area contributed by atoms with Crippen molar-refractivity contribution in [2.75, 3.05) is 11.9 Å². The minimum Gasteiger partial charge on any atom is -0.494 e. The summed E-state index contributed by atoms with van der Waals surface area (Å²) in [6, 6.07) is 14.8. The van der Waals surface area contributed by atoms with E-state index in [1.54, 1.807) is 0 Å². The van der Waals surface area contributed by atoms with Gasteiger partial charge in [-0.05, 0) is 55.2 Å². The molecule has 0 aromatic heterocycles. The standard InChI is InChI=1S/C19H25NO/c1-4-5-12-21-18-10-8-17(9-11-18)14-20-19-13-15(2)6-7-16(19)3/h6-11,13,20H,4-5,12,14H2,1-3H3. The van der Waals surface area contributed by atoms with Crippen LogP contribution < -0.4 is 10.1 Å². The van der Waals surface area contributed by atoms with Crippen molar-refractivity contribution in [2.24, 2.45) is 0 Å². The second kappa shape index (κ2) is 7.72. The quantitative estimate of drug-likeness (QED) is 0.714. The number of hydrogen-bond donors (Lipinski definition) is 1. The smallest absolute Gasteiger partial charge is 0.119 e. The van der Waals surface area contributed by atoms with Crippen LogP contribution in [0.5, 0.6) is 5.75 Å². The van der Waals surface area contributed by atoms with Gasteiger partial charge in [0.15, 0.2) is 0 Å². The summed E-state index contributed by atoms with van der Waals surface area (Å²) in [6.45, 7) is 8.06. The lowest BCUT2D eigenvalue weighted by molar-refractivity contribution is 0.309. The van der Waals surface area contributed by atoms with Gasteiger partial charge in [0.05, 0.1) is 6.61 Å². The van der Waals surface area contributed by atoms with Crippen LogP contribution in [0.25, 0.3) is 0 Å². The summed E-state index contributed by atoms with van der Waals surface area (Å²) in [5.74, 6) is 0.957. The number of anilines is 1. The molecule has 21 heavy (non-hydrogen) atoms. The molecule has 2 aromatic carbocycles. The first-order chi connectivity index (χ1) is 10.2. The van der Waals surface area contributed by atoms with Gasteiger partial charge in [-0.3, -0.25) is 0 Å². The second-order valence-electron chi connectivity index (χ2n) is 5.52. The molecule has 0 aliphatic carbocycles. The molecule has 112 valence electrons. The fourth-order valence-corrected chi connectivity index (χ4v) is 2.16. The summed E-state index contributed by atoms with van der Waals surface area (Å²) in [4.78, 5) is 0. The van der Waals surface area contributed by atoms with Gasteiger partial charge in [0.1, 0.15) is 5.75 Å². The molecule has 0 atom stereocenters. The summed E-state index contributed by atoms with van der Waals surface area (Å²) in [7, 11) is 0. The van der Waals surface area contributed by atoms with Gasteiger partial charge in [-0.1, -0.05) is 37.6 Å². The largest absolute Gasteiger partial charge is 0.494 e. The Morgan fingerprint density at radius 2 is 1.76 bits per heavy atom. The van der Waals surface area contributed by atoms with Gasteiger partial charge < -0.3 is 10.1 Å². The number of aryl methyl sites for hydroxylation is 2. The Morgan fingerprint density at radius 3 is 2.48 bits per heavy atom. The summed E-state index contributed by atoms with van der Waals surface area (Å²) < 4.78 is 5.68. The molecule has 2 nitrogen and oxygen atoms in total. The zero-order valence-electron chi connectivity index (χ0n) is 13.3. The Hall–Kier alpha value is -1.96. The fraction of sp³-hybridized carbons (Fsp3) is 0.368. The lowest BCUT2D eigenvalue weighted by atomic mass is 10.1. The molecule has 0 aliphatic rings. The van der Waals surface area contributed by atoms with E-state index in [9.17, 15) is 0 Å². The first-order valence-electron chi connectivity index (χ1n) is 7.72. The van der Waals surface area contributed by atoms with E-state index in [4.69, 9.17) is 4.74 Å². The maximum absolute atomic E-state index is 5.68. The van der Waals surface area contributed by atoms with E-state index in [0.29, 0.717) is 0 Å². The minimum absolute atomic E-state index is 0.802. The Balaban J connectivity index is 1.90. The van der Waals surface area contributed by atoms with Crippen LogP contribution in [-0.4, -0.2) is 6.61 Å². The molecule has 0 saturated heterocycles. The molecule has 0 amide bonds. The molecular weight excluding hydrogens is 258 g/mol. The molecule has 0 bridgehead atoms.